The Morgan fingerprint density at radius 1 is 0.886 bits per heavy atom. The Morgan fingerprint density at radius 2 is 1.57 bits per heavy atom. The number of rotatable bonds is 16. The maximum atomic E-state index is 13.1. The molecule has 1 aliphatic heterocycles. The highest BCUT2D eigenvalue weighted by molar-refractivity contribution is 8.18. The second kappa shape index (κ2) is 16.8. The van der Waals surface area contributed by atoms with E-state index < -0.39 is 35.7 Å². The van der Waals surface area contributed by atoms with Crippen molar-refractivity contribution in [2.75, 3.05) is 13.1 Å². The van der Waals surface area contributed by atoms with Gasteiger partial charge in [-0.05, 0) is 79.7 Å². The van der Waals surface area contributed by atoms with Gasteiger partial charge in [-0.1, -0.05) is 42.5 Å². The molecule has 234 valence electrons. The average Bonchev–Trinajstić information content (AvgIpc) is 3.25. The Hall–Kier alpha value is -4.69. The number of imide groups is 1. The van der Waals surface area contributed by atoms with Gasteiger partial charge in [0.1, 0.15) is 12.1 Å². The summed E-state index contributed by atoms with van der Waals surface area (Å²) < 4.78 is 0. The second-order valence-corrected chi connectivity index (χ2v) is 11.1. The van der Waals surface area contributed by atoms with Gasteiger partial charge in [0.2, 0.25) is 11.8 Å². The number of nitrogens with one attached hydrogen (secondary N) is 2. The minimum Gasteiger partial charge on any atom is -0.370 e. The number of nitrogens with two attached hydrogens (primary N) is 4. The molecule has 2 aromatic carbocycles. The zero-order valence-electron chi connectivity index (χ0n) is 24.2. The van der Waals surface area contributed by atoms with Crippen molar-refractivity contribution in [2.45, 2.75) is 50.7 Å². The van der Waals surface area contributed by atoms with Gasteiger partial charge in [0.25, 0.3) is 17.1 Å². The largest absolute Gasteiger partial charge is 0.370 e. The van der Waals surface area contributed by atoms with Crippen LogP contribution in [-0.2, 0) is 20.9 Å². The number of hydrogen-bond acceptors (Lipinski definition) is 8. The Bertz CT molecular complexity index is 1390. The molecule has 0 aliphatic carbocycles. The van der Waals surface area contributed by atoms with Crippen LogP contribution < -0.4 is 33.6 Å². The molecular formula is C30H38N8O5S. The first-order chi connectivity index (χ1) is 21.1. The number of amides is 5. The van der Waals surface area contributed by atoms with Gasteiger partial charge in [-0.25, -0.2) is 0 Å². The number of nitrogens with zero attached hydrogens (tertiary/aromatic N) is 2. The number of carbonyl (C=O) groups is 5. The molecule has 0 spiro atoms. The molecule has 3 rings (SSSR count). The highest BCUT2D eigenvalue weighted by Crippen LogP contribution is 2.33. The Morgan fingerprint density at radius 3 is 2.20 bits per heavy atom. The zero-order chi connectivity index (χ0) is 32.1. The van der Waals surface area contributed by atoms with E-state index in [0.29, 0.717) is 37.8 Å². The lowest BCUT2D eigenvalue weighted by atomic mass is 10.1. The van der Waals surface area contributed by atoms with Crippen LogP contribution in [0.15, 0.2) is 64.5 Å². The summed E-state index contributed by atoms with van der Waals surface area (Å²) in [7, 11) is 0. The van der Waals surface area contributed by atoms with E-state index in [1.54, 1.807) is 30.3 Å². The molecule has 0 aromatic heterocycles. The molecule has 5 amide bonds. The molecule has 2 atom stereocenters. The number of hydrogen-bond donors (Lipinski definition) is 6. The lowest BCUT2D eigenvalue weighted by Gasteiger charge is -2.22. The second-order valence-electron chi connectivity index (χ2n) is 10.1. The predicted octanol–water partition coefficient (Wildman–Crippen LogP) is 1.17. The molecule has 13 nitrogen and oxygen atoms in total. The predicted molar refractivity (Wildman–Crippen MR) is 170 cm³/mol. The van der Waals surface area contributed by atoms with Crippen molar-refractivity contribution in [1.29, 1.82) is 0 Å². The fourth-order valence-corrected chi connectivity index (χ4v) is 5.19. The first-order valence-electron chi connectivity index (χ1n) is 14.1. The third kappa shape index (κ3) is 10.2. The lowest BCUT2D eigenvalue weighted by molar-refractivity contribution is -0.128. The van der Waals surface area contributed by atoms with E-state index in [0.717, 1.165) is 17.3 Å². The molecule has 0 saturated carbocycles. The number of thioether (sulfide) groups is 1. The SMILES string of the molecule is NCCCC[C@H](NC(=O)[C@H](CCCN=C(N)N)NC(=O)c1ccc(/C=C2\SC(=O)N(Cc3ccccc3)C2=O)cc1)C(N)=O. The van der Waals surface area contributed by atoms with E-state index in [-0.39, 0.29) is 41.2 Å². The van der Waals surface area contributed by atoms with Crippen molar-refractivity contribution < 1.29 is 24.0 Å². The molecule has 1 saturated heterocycles. The van der Waals surface area contributed by atoms with Crippen LogP contribution in [0.4, 0.5) is 4.79 Å². The minimum atomic E-state index is -0.996. The third-order valence-electron chi connectivity index (χ3n) is 6.70. The molecule has 14 heteroatoms. The lowest BCUT2D eigenvalue weighted by Crippen LogP contribution is -2.53. The maximum absolute atomic E-state index is 13.1. The Kier molecular flexibility index (Phi) is 12.9. The summed E-state index contributed by atoms with van der Waals surface area (Å²) in [6, 6.07) is 13.7. The van der Waals surface area contributed by atoms with Crippen molar-refractivity contribution in [3.63, 3.8) is 0 Å². The number of primary amides is 1. The molecule has 44 heavy (non-hydrogen) atoms. The number of benzene rings is 2. The van der Waals surface area contributed by atoms with Crippen molar-refractivity contribution in [1.82, 2.24) is 15.5 Å². The number of guanidine groups is 1. The topological polar surface area (TPSA) is 229 Å². The quantitative estimate of drug-likeness (QED) is 0.0682. The highest BCUT2D eigenvalue weighted by atomic mass is 32.2. The summed E-state index contributed by atoms with van der Waals surface area (Å²) in [5, 5.41) is 4.98. The first kappa shape index (κ1) is 33.8. The summed E-state index contributed by atoms with van der Waals surface area (Å²) >= 11 is 0.853. The normalized spacial score (nSPS) is 15.1. The van der Waals surface area contributed by atoms with E-state index in [1.165, 1.54) is 4.90 Å². The van der Waals surface area contributed by atoms with Gasteiger partial charge < -0.3 is 33.6 Å². The number of aliphatic imine (C=N–C) groups is 1. The third-order valence-corrected chi connectivity index (χ3v) is 7.61. The van der Waals surface area contributed by atoms with Gasteiger partial charge in [-0.3, -0.25) is 33.9 Å². The highest BCUT2D eigenvalue weighted by Gasteiger charge is 2.35. The van der Waals surface area contributed by atoms with Gasteiger partial charge in [0.05, 0.1) is 11.4 Å². The van der Waals surface area contributed by atoms with Crippen molar-refractivity contribution in [3.05, 3.63) is 76.2 Å². The van der Waals surface area contributed by atoms with Crippen LogP contribution >= 0.6 is 11.8 Å². The summed E-state index contributed by atoms with van der Waals surface area (Å²) in [4.78, 5) is 68.9. The number of carbonyl (C=O) groups excluding carboxylic acids is 5. The van der Waals surface area contributed by atoms with Crippen molar-refractivity contribution >= 4 is 52.7 Å². The van der Waals surface area contributed by atoms with E-state index in [2.05, 4.69) is 15.6 Å². The van der Waals surface area contributed by atoms with E-state index in [9.17, 15) is 24.0 Å². The first-order valence-corrected chi connectivity index (χ1v) is 15.0. The summed E-state index contributed by atoms with van der Waals surface area (Å²) in [5.74, 6) is -2.26. The monoisotopic (exact) mass is 622 g/mol. The van der Waals surface area contributed by atoms with Crippen LogP contribution in [0.3, 0.4) is 0 Å². The van der Waals surface area contributed by atoms with Crippen molar-refractivity contribution in [2.24, 2.45) is 27.9 Å². The number of unbranched alkanes of at least 4 members (excludes halogenated alkanes) is 1. The van der Waals surface area contributed by atoms with E-state index in [4.69, 9.17) is 22.9 Å². The van der Waals surface area contributed by atoms with Gasteiger partial charge >= 0.3 is 0 Å². The molecule has 0 unspecified atom stereocenters. The maximum Gasteiger partial charge on any atom is 0.293 e. The fraction of sp³-hybridized carbons (Fsp3) is 0.333. The molecule has 2 aromatic rings. The van der Waals surface area contributed by atoms with E-state index >= 15 is 0 Å². The molecule has 0 radical (unpaired) electrons. The smallest absolute Gasteiger partial charge is 0.293 e. The van der Waals surface area contributed by atoms with E-state index in [1.807, 2.05) is 30.3 Å². The van der Waals surface area contributed by atoms with Gasteiger partial charge in [0, 0.05) is 12.1 Å². The van der Waals surface area contributed by atoms with Gasteiger partial charge in [0.15, 0.2) is 5.96 Å². The van der Waals surface area contributed by atoms with Crippen molar-refractivity contribution in [3.8, 4) is 0 Å². The summed E-state index contributed by atoms with van der Waals surface area (Å²) in [6.07, 6.45) is 3.74. The molecule has 1 aliphatic rings. The van der Waals surface area contributed by atoms with Crippen LogP contribution in [0.2, 0.25) is 0 Å². The minimum absolute atomic E-state index is 0.0928. The van der Waals surface area contributed by atoms with Gasteiger partial charge in [-0.2, -0.15) is 0 Å². The van der Waals surface area contributed by atoms with Crippen LogP contribution in [0.5, 0.6) is 0 Å². The molecular weight excluding hydrogens is 584 g/mol. The fourth-order valence-electron chi connectivity index (χ4n) is 4.35. The van der Waals surface area contributed by atoms with Crippen LogP contribution in [0.1, 0.15) is 53.6 Å². The molecule has 1 heterocycles. The standard InChI is InChI=1S/C30H38N8O5S/c31-15-5-4-9-22(25(32)39)36-27(41)23(10-6-16-35-29(33)34)37-26(40)21-13-11-19(12-14-21)17-24-28(42)38(30(43)44-24)18-20-7-2-1-3-8-20/h1-3,7-8,11-14,17,22-23H,4-6,9-10,15-16,18,31H2,(H2,32,39)(H,36,41)(H,37,40)(H4,33,34,35)/b24-17-/t22-,23-/m0/s1. The van der Waals surface area contributed by atoms with Gasteiger partial charge in [-0.15, -0.1) is 0 Å². The molecule has 10 N–H and O–H groups in total. The van der Waals surface area contributed by atoms with Crippen LogP contribution in [-0.4, -0.2) is 64.9 Å². The Labute approximate surface area is 259 Å². The molecule has 0 bridgehead atoms. The average molecular weight is 623 g/mol. The summed E-state index contributed by atoms with van der Waals surface area (Å²) in [5.41, 5.74) is 23.5. The summed E-state index contributed by atoms with van der Waals surface area (Å²) in [6.45, 7) is 0.860. The van der Waals surface area contributed by atoms with Crippen LogP contribution in [0, 0.1) is 0 Å². The molecule has 1 fully saturated rings. The zero-order valence-corrected chi connectivity index (χ0v) is 25.1. The van der Waals surface area contributed by atoms with Crippen LogP contribution in [0.25, 0.3) is 6.08 Å². The Balaban J connectivity index is 1.68.